The van der Waals surface area contributed by atoms with Crippen molar-refractivity contribution in [2.24, 2.45) is 47.3 Å². The Morgan fingerprint density at radius 2 is 1.40 bits per heavy atom. The Morgan fingerprint density at radius 3 is 2.08 bits per heavy atom. The number of rotatable bonds is 3. The zero-order chi connectivity index (χ0) is 16.9. The minimum absolute atomic E-state index is 0.193. The van der Waals surface area contributed by atoms with Crippen molar-refractivity contribution in [1.82, 2.24) is 0 Å². The molecule has 1 aromatic carbocycles. The van der Waals surface area contributed by atoms with Crippen LogP contribution in [-0.4, -0.2) is 14.5 Å². The normalized spacial score (nSPS) is 47.8. The molecule has 0 aromatic heterocycles. The van der Waals surface area contributed by atoms with Crippen LogP contribution < -0.4 is 0 Å². The Labute approximate surface area is 148 Å². The second-order valence-electron chi connectivity index (χ2n) is 8.63. The van der Waals surface area contributed by atoms with E-state index in [2.05, 4.69) is 24.3 Å². The van der Waals surface area contributed by atoms with Crippen LogP contribution in [0.3, 0.4) is 0 Å². The van der Waals surface area contributed by atoms with Gasteiger partial charge in [0.2, 0.25) is 0 Å². The third-order valence-electron chi connectivity index (χ3n) is 7.72. The van der Waals surface area contributed by atoms with Crippen molar-refractivity contribution in [1.29, 1.82) is 0 Å². The van der Waals surface area contributed by atoms with E-state index in [1.54, 1.807) is 12.1 Å². The smallest absolute Gasteiger partial charge is 0.262 e. The van der Waals surface area contributed by atoms with Crippen LogP contribution in [0.1, 0.15) is 12.0 Å². The van der Waals surface area contributed by atoms with Gasteiger partial charge >= 0.3 is 0 Å². The third kappa shape index (κ3) is 1.77. The Bertz CT molecular complexity index is 898. The maximum atomic E-state index is 12.9. The quantitative estimate of drug-likeness (QED) is 0.616. The Morgan fingerprint density at radius 1 is 0.840 bits per heavy atom. The Balaban J connectivity index is 1.39. The highest BCUT2D eigenvalue weighted by atomic mass is 32.2. The number of hydrogen-bond acceptors (Lipinski definition) is 3. The lowest BCUT2D eigenvalue weighted by Gasteiger charge is -2.54. The molecule has 0 unspecified atom stereocenters. The lowest BCUT2D eigenvalue weighted by atomic mass is 9.51. The standard InChI is InChI=1S/C21H22O3S/c1-11-2-4-12(5-3-11)25(22,23)24-21-16-9-8-14-17-10-18(16)15-7-6-13(17)19(14)20(15)21/h2-9,13-21H,10H2,1H3/t13-,14+,15+,16-,17+,18-,19-,20-,21-/m0/s1. The van der Waals surface area contributed by atoms with Crippen LogP contribution in [0.2, 0.25) is 0 Å². The van der Waals surface area contributed by atoms with Gasteiger partial charge in [0.15, 0.2) is 0 Å². The van der Waals surface area contributed by atoms with Gasteiger partial charge in [-0.05, 0) is 66.9 Å². The molecule has 0 N–H and O–H groups in total. The van der Waals surface area contributed by atoms with Gasteiger partial charge in [-0.3, -0.25) is 4.18 Å². The second-order valence-corrected chi connectivity index (χ2v) is 10.2. The maximum Gasteiger partial charge on any atom is 0.297 e. The van der Waals surface area contributed by atoms with Crippen LogP contribution in [-0.2, 0) is 14.3 Å². The minimum atomic E-state index is -3.72. The van der Waals surface area contributed by atoms with Gasteiger partial charge < -0.3 is 0 Å². The van der Waals surface area contributed by atoms with Crippen molar-refractivity contribution >= 4 is 10.1 Å². The van der Waals surface area contributed by atoms with Gasteiger partial charge in [-0.1, -0.05) is 42.0 Å². The Kier molecular flexibility index (Phi) is 2.75. The third-order valence-corrected chi connectivity index (χ3v) is 9.04. The van der Waals surface area contributed by atoms with E-state index in [4.69, 9.17) is 4.18 Å². The first-order chi connectivity index (χ1) is 12.0. The Hall–Kier alpha value is -1.39. The van der Waals surface area contributed by atoms with Crippen molar-refractivity contribution in [2.45, 2.75) is 24.3 Å². The number of aryl methyl sites for hydroxylation is 1. The van der Waals surface area contributed by atoms with E-state index < -0.39 is 10.1 Å². The average Bonchev–Trinajstić information content (AvgIpc) is 2.87. The first-order valence-corrected chi connectivity index (χ1v) is 10.8. The number of hydrogen-bond donors (Lipinski definition) is 0. The summed E-state index contributed by atoms with van der Waals surface area (Å²) in [6, 6.07) is 7.00. The van der Waals surface area contributed by atoms with Gasteiger partial charge in [0.1, 0.15) is 0 Å². The highest BCUT2D eigenvalue weighted by molar-refractivity contribution is 7.86. The maximum absolute atomic E-state index is 12.9. The fourth-order valence-electron chi connectivity index (χ4n) is 6.75. The molecule has 0 aliphatic heterocycles. The van der Waals surface area contributed by atoms with Crippen molar-refractivity contribution in [3.8, 4) is 0 Å². The number of allylic oxidation sites excluding steroid dienone is 3. The number of benzene rings is 1. The zero-order valence-electron chi connectivity index (χ0n) is 14.2. The molecule has 1 aromatic rings. The molecule has 9 atom stereocenters. The molecule has 0 spiro atoms. The molecular formula is C21H22O3S. The van der Waals surface area contributed by atoms with Crippen LogP contribution in [0, 0.1) is 54.3 Å². The summed E-state index contributed by atoms with van der Waals surface area (Å²) in [5.41, 5.74) is 1.05. The van der Waals surface area contributed by atoms with E-state index in [0.717, 1.165) is 11.5 Å². The van der Waals surface area contributed by atoms with Crippen LogP contribution in [0.25, 0.3) is 0 Å². The second kappa shape index (κ2) is 4.66. The van der Waals surface area contributed by atoms with Gasteiger partial charge in [0.25, 0.3) is 10.1 Å². The SMILES string of the molecule is Cc1ccc(S(=O)(=O)O[C@H]2[C@H]3C=C[C@@H]4[C@@H]5C[C@H]3[C@H]3C=C[C@@H]5[C@@H]4[C@H]32)cc1. The van der Waals surface area contributed by atoms with E-state index in [1.807, 2.05) is 19.1 Å². The zero-order valence-corrected chi connectivity index (χ0v) is 15.0. The molecule has 8 rings (SSSR count). The van der Waals surface area contributed by atoms with Crippen molar-refractivity contribution < 1.29 is 12.6 Å². The molecular weight excluding hydrogens is 332 g/mol. The summed E-state index contributed by atoms with van der Waals surface area (Å²) in [4.78, 5) is 0.281. The molecule has 3 fully saturated rings. The summed E-state index contributed by atoms with van der Waals surface area (Å²) in [6.45, 7) is 1.96. The molecule has 130 valence electrons. The molecule has 7 aliphatic carbocycles. The summed E-state index contributed by atoms with van der Waals surface area (Å²) < 4.78 is 31.8. The van der Waals surface area contributed by atoms with Crippen molar-refractivity contribution in [3.63, 3.8) is 0 Å². The fraction of sp³-hybridized carbons (Fsp3) is 0.524. The molecule has 25 heavy (non-hydrogen) atoms. The summed E-state index contributed by atoms with van der Waals surface area (Å²) in [5, 5.41) is 0. The fourth-order valence-corrected chi connectivity index (χ4v) is 7.87. The lowest BCUT2D eigenvalue weighted by Crippen LogP contribution is -2.52. The molecule has 0 radical (unpaired) electrons. The molecule has 0 amide bonds. The van der Waals surface area contributed by atoms with Gasteiger partial charge in [0.05, 0.1) is 11.0 Å². The van der Waals surface area contributed by atoms with Crippen LogP contribution in [0.15, 0.2) is 53.5 Å². The van der Waals surface area contributed by atoms with Gasteiger partial charge in [0, 0.05) is 5.92 Å². The first kappa shape index (κ1) is 14.7. The minimum Gasteiger partial charge on any atom is -0.262 e. The van der Waals surface area contributed by atoms with E-state index in [0.29, 0.717) is 35.5 Å². The summed E-state index contributed by atoms with van der Waals surface area (Å²) >= 11 is 0. The van der Waals surface area contributed by atoms with Crippen LogP contribution >= 0.6 is 0 Å². The average molecular weight is 354 g/mol. The van der Waals surface area contributed by atoms with Crippen LogP contribution in [0.5, 0.6) is 0 Å². The molecule has 3 saturated carbocycles. The van der Waals surface area contributed by atoms with Crippen molar-refractivity contribution in [2.75, 3.05) is 0 Å². The van der Waals surface area contributed by atoms with Crippen LogP contribution in [0.4, 0.5) is 0 Å². The summed E-state index contributed by atoms with van der Waals surface area (Å²) in [7, 11) is -3.72. The van der Waals surface area contributed by atoms with E-state index in [9.17, 15) is 8.42 Å². The molecule has 8 bridgehead atoms. The molecule has 0 heterocycles. The molecule has 4 heteroatoms. The lowest BCUT2D eigenvalue weighted by molar-refractivity contribution is -0.0451. The van der Waals surface area contributed by atoms with Crippen molar-refractivity contribution in [3.05, 3.63) is 54.1 Å². The van der Waals surface area contributed by atoms with E-state index in [1.165, 1.54) is 6.42 Å². The predicted molar refractivity (Wildman–Crippen MR) is 94.1 cm³/mol. The molecule has 0 saturated heterocycles. The van der Waals surface area contributed by atoms with E-state index in [-0.39, 0.29) is 16.9 Å². The first-order valence-electron chi connectivity index (χ1n) is 9.41. The monoisotopic (exact) mass is 354 g/mol. The van der Waals surface area contributed by atoms with Gasteiger partial charge in [-0.25, -0.2) is 0 Å². The molecule has 3 nitrogen and oxygen atoms in total. The molecule has 7 aliphatic rings. The summed E-state index contributed by atoms with van der Waals surface area (Å²) in [6.07, 6.45) is 10.6. The predicted octanol–water partition coefficient (Wildman–Crippen LogP) is 3.57. The van der Waals surface area contributed by atoms with Gasteiger partial charge in [-0.15, -0.1) is 0 Å². The van der Waals surface area contributed by atoms with E-state index >= 15 is 0 Å². The summed E-state index contributed by atoms with van der Waals surface area (Å²) in [5.74, 6) is 4.35. The topological polar surface area (TPSA) is 43.4 Å². The van der Waals surface area contributed by atoms with Gasteiger partial charge in [-0.2, -0.15) is 8.42 Å². The highest BCUT2D eigenvalue weighted by Gasteiger charge is 2.68. The largest absolute Gasteiger partial charge is 0.297 e. The highest BCUT2D eigenvalue weighted by Crippen LogP contribution is 2.70.